The standard InChI is InChI=1S/C11H11BrFN3O/c1-17-10-3-2-8(11(13)4-10)6-16-7-9(5-12)14-15-16/h2-4,7H,5-6H2,1H3. The molecule has 1 aromatic heterocycles. The van der Waals surface area contributed by atoms with Crippen molar-refractivity contribution >= 4 is 15.9 Å². The number of hydrogen-bond donors (Lipinski definition) is 0. The molecule has 17 heavy (non-hydrogen) atoms. The average molecular weight is 300 g/mol. The van der Waals surface area contributed by atoms with Crippen LogP contribution in [0.5, 0.6) is 5.75 Å². The van der Waals surface area contributed by atoms with Crippen molar-refractivity contribution in [1.29, 1.82) is 0 Å². The Bertz CT molecular complexity index is 515. The maximum atomic E-state index is 13.7. The first-order chi connectivity index (χ1) is 8.22. The largest absolute Gasteiger partial charge is 0.497 e. The highest BCUT2D eigenvalue weighted by Gasteiger charge is 2.06. The van der Waals surface area contributed by atoms with Crippen molar-refractivity contribution in [2.75, 3.05) is 7.11 Å². The zero-order valence-corrected chi connectivity index (χ0v) is 10.8. The third kappa shape index (κ3) is 2.82. The molecule has 0 spiro atoms. The minimum atomic E-state index is -0.305. The van der Waals surface area contributed by atoms with E-state index in [9.17, 15) is 4.39 Å². The van der Waals surface area contributed by atoms with Gasteiger partial charge in [-0.1, -0.05) is 27.2 Å². The second-order valence-corrected chi connectivity index (χ2v) is 4.06. The summed E-state index contributed by atoms with van der Waals surface area (Å²) in [5, 5.41) is 8.45. The number of halogens is 2. The lowest BCUT2D eigenvalue weighted by molar-refractivity contribution is 0.410. The van der Waals surface area contributed by atoms with E-state index in [1.807, 2.05) is 0 Å². The van der Waals surface area contributed by atoms with Crippen LogP contribution in [0.2, 0.25) is 0 Å². The Labute approximate surface area is 107 Å². The molecule has 0 radical (unpaired) electrons. The van der Waals surface area contributed by atoms with Crippen LogP contribution in [0.1, 0.15) is 11.3 Å². The van der Waals surface area contributed by atoms with E-state index in [0.717, 1.165) is 5.69 Å². The van der Waals surface area contributed by atoms with Crippen LogP contribution in [0, 0.1) is 5.82 Å². The second kappa shape index (κ2) is 5.27. The minimum absolute atomic E-state index is 0.305. The highest BCUT2D eigenvalue weighted by molar-refractivity contribution is 9.08. The SMILES string of the molecule is COc1ccc(Cn2cc(CBr)nn2)c(F)c1. The first-order valence-corrected chi connectivity index (χ1v) is 6.12. The van der Waals surface area contributed by atoms with E-state index in [0.29, 0.717) is 23.2 Å². The van der Waals surface area contributed by atoms with E-state index in [-0.39, 0.29) is 5.82 Å². The van der Waals surface area contributed by atoms with Gasteiger partial charge in [-0.15, -0.1) is 5.10 Å². The molecule has 0 amide bonds. The maximum absolute atomic E-state index is 13.7. The van der Waals surface area contributed by atoms with Crippen LogP contribution >= 0.6 is 15.9 Å². The third-order valence-electron chi connectivity index (χ3n) is 2.32. The molecular weight excluding hydrogens is 289 g/mol. The van der Waals surface area contributed by atoms with Crippen molar-refractivity contribution in [2.24, 2.45) is 0 Å². The summed E-state index contributed by atoms with van der Waals surface area (Å²) in [6.45, 7) is 0.357. The van der Waals surface area contributed by atoms with E-state index < -0.39 is 0 Å². The summed E-state index contributed by atoms with van der Waals surface area (Å²) < 4.78 is 20.2. The molecule has 0 aliphatic carbocycles. The van der Waals surface area contributed by atoms with Gasteiger partial charge in [-0.25, -0.2) is 9.07 Å². The summed E-state index contributed by atoms with van der Waals surface area (Å²) in [6.07, 6.45) is 1.78. The predicted octanol–water partition coefficient (Wildman–Crippen LogP) is 2.37. The first kappa shape index (κ1) is 12.0. The van der Waals surface area contributed by atoms with Crippen molar-refractivity contribution in [3.63, 3.8) is 0 Å². The number of alkyl halides is 1. The van der Waals surface area contributed by atoms with Crippen molar-refractivity contribution in [1.82, 2.24) is 15.0 Å². The van der Waals surface area contributed by atoms with Crippen LogP contribution in [0.3, 0.4) is 0 Å². The topological polar surface area (TPSA) is 39.9 Å². The Morgan fingerprint density at radius 3 is 2.88 bits per heavy atom. The number of methoxy groups -OCH3 is 1. The smallest absolute Gasteiger partial charge is 0.131 e. The van der Waals surface area contributed by atoms with Crippen molar-refractivity contribution < 1.29 is 9.13 Å². The molecule has 0 bridgehead atoms. The molecule has 1 aromatic carbocycles. The predicted molar refractivity (Wildman–Crippen MR) is 64.7 cm³/mol. The van der Waals surface area contributed by atoms with Gasteiger partial charge in [-0.3, -0.25) is 0 Å². The summed E-state index contributed by atoms with van der Waals surface area (Å²) in [6, 6.07) is 4.77. The molecule has 0 unspecified atom stereocenters. The summed E-state index contributed by atoms with van der Waals surface area (Å²) in [4.78, 5) is 0. The van der Waals surface area contributed by atoms with Crippen LogP contribution in [0.25, 0.3) is 0 Å². The molecule has 0 aliphatic rings. The number of nitrogens with zero attached hydrogens (tertiary/aromatic N) is 3. The minimum Gasteiger partial charge on any atom is -0.497 e. The molecule has 4 nitrogen and oxygen atoms in total. The fourth-order valence-electron chi connectivity index (χ4n) is 1.43. The summed E-state index contributed by atoms with van der Waals surface area (Å²) >= 11 is 3.28. The van der Waals surface area contributed by atoms with Gasteiger partial charge < -0.3 is 4.74 Å². The third-order valence-corrected chi connectivity index (χ3v) is 2.89. The van der Waals surface area contributed by atoms with E-state index in [2.05, 4.69) is 26.2 Å². The summed E-state index contributed by atoms with van der Waals surface area (Å²) in [5.41, 5.74) is 1.37. The van der Waals surface area contributed by atoms with Crippen molar-refractivity contribution in [3.8, 4) is 5.75 Å². The molecule has 90 valence electrons. The molecule has 2 rings (SSSR count). The molecule has 1 heterocycles. The second-order valence-electron chi connectivity index (χ2n) is 3.50. The molecule has 0 fully saturated rings. The highest BCUT2D eigenvalue weighted by Crippen LogP contribution is 2.17. The number of aromatic nitrogens is 3. The fraction of sp³-hybridized carbons (Fsp3) is 0.273. The molecule has 0 atom stereocenters. The molecule has 0 saturated carbocycles. The van der Waals surface area contributed by atoms with Gasteiger partial charge in [-0.2, -0.15) is 0 Å². The van der Waals surface area contributed by atoms with E-state index in [1.165, 1.54) is 13.2 Å². The number of benzene rings is 1. The summed E-state index contributed by atoms with van der Waals surface area (Å²) in [7, 11) is 1.51. The number of hydrogen-bond acceptors (Lipinski definition) is 3. The lowest BCUT2D eigenvalue weighted by atomic mass is 10.2. The average Bonchev–Trinajstić information content (AvgIpc) is 2.79. The lowest BCUT2D eigenvalue weighted by Gasteiger charge is -2.05. The van der Waals surface area contributed by atoms with Gasteiger partial charge in [-0.05, 0) is 6.07 Å². The van der Waals surface area contributed by atoms with Gasteiger partial charge in [0.2, 0.25) is 0 Å². The van der Waals surface area contributed by atoms with Gasteiger partial charge in [0.05, 0.1) is 19.3 Å². The molecule has 0 aliphatic heterocycles. The van der Waals surface area contributed by atoms with Gasteiger partial charge >= 0.3 is 0 Å². The monoisotopic (exact) mass is 299 g/mol. The number of ether oxygens (including phenoxy) is 1. The Balaban J connectivity index is 2.18. The number of rotatable bonds is 4. The Morgan fingerprint density at radius 2 is 2.29 bits per heavy atom. The summed E-state index contributed by atoms with van der Waals surface area (Å²) in [5.74, 6) is 0.200. The Morgan fingerprint density at radius 1 is 1.47 bits per heavy atom. The fourth-order valence-corrected chi connectivity index (χ4v) is 1.69. The van der Waals surface area contributed by atoms with Crippen LogP contribution in [-0.4, -0.2) is 22.1 Å². The quantitative estimate of drug-likeness (QED) is 0.814. The van der Waals surface area contributed by atoms with Gasteiger partial charge in [0.15, 0.2) is 0 Å². The zero-order valence-electron chi connectivity index (χ0n) is 9.23. The molecular formula is C11H11BrFN3O. The Hall–Kier alpha value is -1.43. The molecule has 2 aromatic rings. The van der Waals surface area contributed by atoms with Gasteiger partial charge in [0.1, 0.15) is 11.6 Å². The van der Waals surface area contributed by atoms with Crippen LogP contribution < -0.4 is 4.74 Å². The molecule has 6 heteroatoms. The lowest BCUT2D eigenvalue weighted by Crippen LogP contribution is -2.03. The van der Waals surface area contributed by atoms with E-state index in [1.54, 1.807) is 23.0 Å². The van der Waals surface area contributed by atoms with Crippen LogP contribution in [0.15, 0.2) is 24.4 Å². The van der Waals surface area contributed by atoms with Crippen molar-refractivity contribution in [3.05, 3.63) is 41.5 Å². The highest BCUT2D eigenvalue weighted by atomic mass is 79.9. The first-order valence-electron chi connectivity index (χ1n) is 5.00. The zero-order chi connectivity index (χ0) is 12.3. The maximum Gasteiger partial charge on any atom is 0.131 e. The van der Waals surface area contributed by atoms with Crippen molar-refractivity contribution in [2.45, 2.75) is 11.9 Å². The van der Waals surface area contributed by atoms with Gasteiger partial charge in [0, 0.05) is 23.2 Å². The Kier molecular flexibility index (Phi) is 3.73. The van der Waals surface area contributed by atoms with Gasteiger partial charge in [0.25, 0.3) is 0 Å². The van der Waals surface area contributed by atoms with Crippen LogP contribution in [-0.2, 0) is 11.9 Å². The van der Waals surface area contributed by atoms with E-state index >= 15 is 0 Å². The van der Waals surface area contributed by atoms with E-state index in [4.69, 9.17) is 4.74 Å². The van der Waals surface area contributed by atoms with Crippen LogP contribution in [0.4, 0.5) is 4.39 Å². The molecule has 0 saturated heterocycles. The molecule has 0 N–H and O–H groups in total. The normalized spacial score (nSPS) is 10.5.